The minimum absolute atomic E-state index is 0.0752. The first-order chi connectivity index (χ1) is 18.1. The summed E-state index contributed by atoms with van der Waals surface area (Å²) in [5, 5.41) is 2.97. The molecule has 4 rings (SSSR count). The van der Waals surface area contributed by atoms with E-state index in [1.165, 1.54) is 0 Å². The number of hydrogen-bond donors (Lipinski definition) is 1. The van der Waals surface area contributed by atoms with E-state index in [9.17, 15) is 9.59 Å². The standard InChI is InChI=1S/C31H32N2O4/c1-36-27-17-14-26(15-18-27)23-33(30(34)19-16-24-9-4-2-5-10-24)29(21-25-11-6-3-7-12-25)31(35)32-22-28-13-8-20-37-28/h2-15,17-18,20,29H,16,19,21-23H2,1H3,(H,32,35)/t29-/m1/s1. The smallest absolute Gasteiger partial charge is 0.243 e. The van der Waals surface area contributed by atoms with E-state index in [0.717, 1.165) is 22.4 Å². The molecule has 37 heavy (non-hydrogen) atoms. The van der Waals surface area contributed by atoms with E-state index in [0.29, 0.717) is 31.6 Å². The summed E-state index contributed by atoms with van der Waals surface area (Å²) in [7, 11) is 1.62. The minimum atomic E-state index is -0.692. The zero-order valence-electron chi connectivity index (χ0n) is 21.0. The van der Waals surface area contributed by atoms with Crippen LogP contribution in [0.5, 0.6) is 5.75 Å². The molecule has 6 heteroatoms. The van der Waals surface area contributed by atoms with Crippen LogP contribution >= 0.6 is 0 Å². The van der Waals surface area contributed by atoms with Gasteiger partial charge in [-0.05, 0) is 47.4 Å². The number of nitrogens with one attached hydrogen (secondary N) is 1. The van der Waals surface area contributed by atoms with Gasteiger partial charge in [-0.25, -0.2) is 0 Å². The van der Waals surface area contributed by atoms with Gasteiger partial charge in [-0.2, -0.15) is 0 Å². The van der Waals surface area contributed by atoms with E-state index in [1.807, 2.05) is 91.0 Å². The zero-order chi connectivity index (χ0) is 25.9. The Kier molecular flexibility index (Phi) is 9.13. The van der Waals surface area contributed by atoms with Crippen LogP contribution in [-0.2, 0) is 35.5 Å². The normalized spacial score (nSPS) is 11.5. The number of hydrogen-bond acceptors (Lipinski definition) is 4. The van der Waals surface area contributed by atoms with E-state index in [2.05, 4.69) is 5.32 Å². The molecular formula is C31H32N2O4. The van der Waals surface area contributed by atoms with Crippen molar-refractivity contribution in [3.05, 3.63) is 126 Å². The van der Waals surface area contributed by atoms with Gasteiger partial charge in [0.1, 0.15) is 17.6 Å². The first-order valence-corrected chi connectivity index (χ1v) is 12.4. The average molecular weight is 497 g/mol. The van der Waals surface area contributed by atoms with Crippen molar-refractivity contribution in [3.8, 4) is 5.75 Å². The highest BCUT2D eigenvalue weighted by molar-refractivity contribution is 5.88. The molecule has 1 atom stereocenters. The minimum Gasteiger partial charge on any atom is -0.497 e. The third-order valence-corrected chi connectivity index (χ3v) is 6.27. The Balaban J connectivity index is 1.60. The van der Waals surface area contributed by atoms with E-state index < -0.39 is 6.04 Å². The first kappa shape index (κ1) is 25.8. The molecule has 0 saturated heterocycles. The fourth-order valence-corrected chi connectivity index (χ4v) is 4.23. The molecule has 6 nitrogen and oxygen atoms in total. The maximum atomic E-state index is 13.7. The van der Waals surface area contributed by atoms with E-state index in [4.69, 9.17) is 9.15 Å². The van der Waals surface area contributed by atoms with Gasteiger partial charge in [0.25, 0.3) is 0 Å². The first-order valence-electron chi connectivity index (χ1n) is 12.4. The molecule has 0 radical (unpaired) electrons. The fourth-order valence-electron chi connectivity index (χ4n) is 4.23. The van der Waals surface area contributed by atoms with Crippen LogP contribution in [0.4, 0.5) is 0 Å². The predicted molar refractivity (Wildman–Crippen MR) is 143 cm³/mol. The number of amides is 2. The molecule has 3 aromatic carbocycles. The van der Waals surface area contributed by atoms with Crippen molar-refractivity contribution >= 4 is 11.8 Å². The zero-order valence-corrected chi connectivity index (χ0v) is 21.0. The molecule has 190 valence electrons. The molecule has 0 fully saturated rings. The predicted octanol–water partition coefficient (Wildman–Crippen LogP) is 5.18. The van der Waals surface area contributed by atoms with Gasteiger partial charge in [0.15, 0.2) is 0 Å². The van der Waals surface area contributed by atoms with Gasteiger partial charge >= 0.3 is 0 Å². The number of carbonyl (C=O) groups is 2. The molecular weight excluding hydrogens is 464 g/mol. The summed E-state index contributed by atoms with van der Waals surface area (Å²) in [6, 6.07) is 30.2. The summed E-state index contributed by atoms with van der Waals surface area (Å²) in [6.07, 6.45) is 2.88. The number of rotatable bonds is 12. The quantitative estimate of drug-likeness (QED) is 0.294. The summed E-state index contributed by atoms with van der Waals surface area (Å²) < 4.78 is 10.7. The second kappa shape index (κ2) is 13.1. The lowest BCUT2D eigenvalue weighted by Crippen LogP contribution is -2.50. The number of carbonyl (C=O) groups excluding carboxylic acids is 2. The second-order valence-electron chi connectivity index (χ2n) is 8.86. The van der Waals surface area contributed by atoms with Crippen molar-refractivity contribution < 1.29 is 18.7 Å². The van der Waals surface area contributed by atoms with E-state index in [1.54, 1.807) is 24.3 Å². The maximum Gasteiger partial charge on any atom is 0.243 e. The lowest BCUT2D eigenvalue weighted by Gasteiger charge is -2.31. The monoisotopic (exact) mass is 496 g/mol. The summed E-state index contributed by atoms with van der Waals surface area (Å²) in [5.74, 6) is 1.10. The molecule has 0 aliphatic carbocycles. The second-order valence-corrected chi connectivity index (χ2v) is 8.86. The number of methoxy groups -OCH3 is 1. The third-order valence-electron chi connectivity index (χ3n) is 6.27. The Morgan fingerprint density at radius 1 is 0.838 bits per heavy atom. The largest absolute Gasteiger partial charge is 0.497 e. The Morgan fingerprint density at radius 3 is 2.14 bits per heavy atom. The van der Waals surface area contributed by atoms with Gasteiger partial charge in [0.05, 0.1) is 19.9 Å². The van der Waals surface area contributed by atoms with Crippen LogP contribution in [0, 0.1) is 0 Å². The molecule has 0 spiro atoms. The van der Waals surface area contributed by atoms with Crippen molar-refractivity contribution in [1.82, 2.24) is 10.2 Å². The van der Waals surface area contributed by atoms with Crippen LogP contribution in [0.2, 0.25) is 0 Å². The summed E-state index contributed by atoms with van der Waals surface area (Å²) in [6.45, 7) is 0.564. The Hall–Kier alpha value is -4.32. The highest BCUT2D eigenvalue weighted by Crippen LogP contribution is 2.19. The van der Waals surface area contributed by atoms with Crippen LogP contribution in [0.1, 0.15) is 28.9 Å². The number of ether oxygens (including phenoxy) is 1. The molecule has 0 aliphatic heterocycles. The van der Waals surface area contributed by atoms with Crippen LogP contribution in [0.15, 0.2) is 108 Å². The van der Waals surface area contributed by atoms with Crippen LogP contribution < -0.4 is 10.1 Å². The highest BCUT2D eigenvalue weighted by atomic mass is 16.5. The van der Waals surface area contributed by atoms with Crippen LogP contribution in [0.3, 0.4) is 0 Å². The summed E-state index contributed by atoms with van der Waals surface area (Å²) in [5.41, 5.74) is 2.99. The van der Waals surface area contributed by atoms with Gasteiger partial charge in [0, 0.05) is 19.4 Å². The van der Waals surface area contributed by atoms with Crippen molar-refractivity contribution in [2.45, 2.75) is 38.4 Å². The fraction of sp³-hybridized carbons (Fsp3) is 0.226. The van der Waals surface area contributed by atoms with Crippen molar-refractivity contribution in [2.75, 3.05) is 7.11 Å². The number of nitrogens with zero attached hydrogens (tertiary/aromatic N) is 1. The molecule has 0 bridgehead atoms. The van der Waals surface area contributed by atoms with Gasteiger partial charge in [-0.1, -0.05) is 72.8 Å². The highest BCUT2D eigenvalue weighted by Gasteiger charge is 2.30. The molecule has 1 N–H and O–H groups in total. The Bertz CT molecular complexity index is 1240. The number of furan rings is 1. The van der Waals surface area contributed by atoms with Crippen molar-refractivity contribution in [1.29, 1.82) is 0 Å². The van der Waals surface area contributed by atoms with Gasteiger partial charge in [-0.3, -0.25) is 9.59 Å². The van der Waals surface area contributed by atoms with Crippen molar-refractivity contribution in [2.24, 2.45) is 0 Å². The Labute approximate surface area is 217 Å². The van der Waals surface area contributed by atoms with Crippen molar-refractivity contribution in [3.63, 3.8) is 0 Å². The molecule has 1 aromatic heterocycles. The van der Waals surface area contributed by atoms with Gasteiger partial charge in [-0.15, -0.1) is 0 Å². The van der Waals surface area contributed by atoms with E-state index >= 15 is 0 Å². The molecule has 0 unspecified atom stereocenters. The van der Waals surface area contributed by atoms with E-state index in [-0.39, 0.29) is 18.4 Å². The molecule has 1 heterocycles. The number of aryl methyl sites for hydroxylation is 1. The third kappa shape index (κ3) is 7.58. The molecule has 0 saturated carbocycles. The lowest BCUT2D eigenvalue weighted by atomic mass is 10.0. The number of benzene rings is 3. The molecule has 4 aromatic rings. The molecule has 0 aliphatic rings. The topological polar surface area (TPSA) is 71.8 Å². The summed E-state index contributed by atoms with van der Waals surface area (Å²) in [4.78, 5) is 29.0. The maximum absolute atomic E-state index is 13.7. The molecule has 2 amide bonds. The van der Waals surface area contributed by atoms with Gasteiger partial charge < -0.3 is 19.4 Å². The summed E-state index contributed by atoms with van der Waals surface area (Å²) >= 11 is 0. The van der Waals surface area contributed by atoms with Gasteiger partial charge in [0.2, 0.25) is 11.8 Å². The lowest BCUT2D eigenvalue weighted by molar-refractivity contribution is -0.141. The van der Waals surface area contributed by atoms with Crippen LogP contribution in [-0.4, -0.2) is 29.9 Å². The van der Waals surface area contributed by atoms with Crippen LogP contribution in [0.25, 0.3) is 0 Å². The Morgan fingerprint density at radius 2 is 1.51 bits per heavy atom. The average Bonchev–Trinajstić information content (AvgIpc) is 3.47. The SMILES string of the molecule is COc1ccc(CN(C(=O)CCc2ccccc2)[C@H](Cc2ccccc2)C(=O)NCc2ccco2)cc1.